The number of hydrogen-bond donors (Lipinski definition) is 3. The molecular formula is C13H18N4O. The van der Waals surface area contributed by atoms with Crippen LogP contribution in [-0.2, 0) is 4.79 Å². The van der Waals surface area contributed by atoms with Gasteiger partial charge in [-0.15, -0.1) is 0 Å². The third-order valence-electron chi connectivity index (χ3n) is 2.83. The molecule has 5 nitrogen and oxygen atoms in total. The standard InChI is InChI=1S/C13H18N4O/c1-2-3-10(14)6-13(18)16-11-5-4-9-8-15-17-12(9)7-11/h4-5,7-8,10H,2-3,6,14H2,1H3,(H,15,17)(H,16,18). The van der Waals surface area contributed by atoms with Crippen molar-refractivity contribution in [1.82, 2.24) is 10.2 Å². The highest BCUT2D eigenvalue weighted by Gasteiger charge is 2.09. The summed E-state index contributed by atoms with van der Waals surface area (Å²) in [5, 5.41) is 10.7. The number of hydrogen-bond acceptors (Lipinski definition) is 3. The lowest BCUT2D eigenvalue weighted by molar-refractivity contribution is -0.116. The maximum absolute atomic E-state index is 11.8. The fourth-order valence-electron chi connectivity index (χ4n) is 1.94. The largest absolute Gasteiger partial charge is 0.327 e. The van der Waals surface area contributed by atoms with Crippen LogP contribution in [0.5, 0.6) is 0 Å². The van der Waals surface area contributed by atoms with Gasteiger partial charge in [-0.3, -0.25) is 9.89 Å². The molecule has 2 aromatic rings. The average Bonchev–Trinajstić information content (AvgIpc) is 2.76. The molecule has 0 aliphatic rings. The Kier molecular flexibility index (Phi) is 3.94. The van der Waals surface area contributed by atoms with Gasteiger partial charge in [0, 0.05) is 23.5 Å². The van der Waals surface area contributed by atoms with E-state index in [-0.39, 0.29) is 11.9 Å². The van der Waals surface area contributed by atoms with Gasteiger partial charge in [0.25, 0.3) is 0 Å². The Bertz CT molecular complexity index is 535. The van der Waals surface area contributed by atoms with Crippen LogP contribution in [0.25, 0.3) is 10.9 Å². The topological polar surface area (TPSA) is 83.8 Å². The molecule has 0 spiro atoms. The fourth-order valence-corrected chi connectivity index (χ4v) is 1.94. The van der Waals surface area contributed by atoms with Gasteiger partial charge in [-0.25, -0.2) is 0 Å². The van der Waals surface area contributed by atoms with Crippen LogP contribution in [-0.4, -0.2) is 22.1 Å². The molecule has 1 heterocycles. The number of nitrogens with zero attached hydrogens (tertiary/aromatic N) is 1. The number of carbonyl (C=O) groups excluding carboxylic acids is 1. The molecule has 0 saturated carbocycles. The summed E-state index contributed by atoms with van der Waals surface area (Å²) < 4.78 is 0. The number of nitrogens with one attached hydrogen (secondary N) is 2. The third-order valence-corrected chi connectivity index (χ3v) is 2.83. The second-order valence-electron chi connectivity index (χ2n) is 4.47. The van der Waals surface area contributed by atoms with Gasteiger partial charge in [-0.05, 0) is 24.6 Å². The zero-order chi connectivity index (χ0) is 13.0. The lowest BCUT2D eigenvalue weighted by atomic mass is 10.1. The Labute approximate surface area is 106 Å². The maximum Gasteiger partial charge on any atom is 0.225 e. The molecule has 1 aromatic carbocycles. The zero-order valence-corrected chi connectivity index (χ0v) is 10.4. The third kappa shape index (κ3) is 3.07. The molecular weight excluding hydrogens is 228 g/mol. The highest BCUT2D eigenvalue weighted by atomic mass is 16.1. The summed E-state index contributed by atoms with van der Waals surface area (Å²) in [4.78, 5) is 11.8. The van der Waals surface area contributed by atoms with Gasteiger partial charge in [0.15, 0.2) is 0 Å². The summed E-state index contributed by atoms with van der Waals surface area (Å²) in [7, 11) is 0. The molecule has 0 radical (unpaired) electrons. The van der Waals surface area contributed by atoms with E-state index < -0.39 is 0 Å². The number of carbonyl (C=O) groups is 1. The number of aromatic amines is 1. The van der Waals surface area contributed by atoms with Crippen LogP contribution in [0.4, 0.5) is 5.69 Å². The smallest absolute Gasteiger partial charge is 0.225 e. The highest BCUT2D eigenvalue weighted by molar-refractivity contribution is 5.93. The van der Waals surface area contributed by atoms with Crippen molar-refractivity contribution in [2.45, 2.75) is 32.2 Å². The molecule has 0 aliphatic heterocycles. The van der Waals surface area contributed by atoms with Crippen LogP contribution >= 0.6 is 0 Å². The number of benzene rings is 1. The van der Waals surface area contributed by atoms with Crippen LogP contribution in [0.2, 0.25) is 0 Å². The van der Waals surface area contributed by atoms with Gasteiger partial charge in [0.05, 0.1) is 11.7 Å². The van der Waals surface area contributed by atoms with Crippen LogP contribution in [0, 0.1) is 0 Å². The maximum atomic E-state index is 11.8. The molecule has 1 unspecified atom stereocenters. The Balaban J connectivity index is 1.97. The van der Waals surface area contributed by atoms with Crippen molar-refractivity contribution < 1.29 is 4.79 Å². The summed E-state index contributed by atoms with van der Waals surface area (Å²) in [5.41, 5.74) is 7.51. The summed E-state index contributed by atoms with van der Waals surface area (Å²) in [6.07, 6.45) is 3.97. The van der Waals surface area contributed by atoms with Crippen molar-refractivity contribution in [1.29, 1.82) is 0 Å². The molecule has 0 fully saturated rings. The Morgan fingerprint density at radius 1 is 1.56 bits per heavy atom. The van der Waals surface area contributed by atoms with Gasteiger partial charge in [-0.1, -0.05) is 13.3 Å². The molecule has 0 bridgehead atoms. The van der Waals surface area contributed by atoms with E-state index in [1.807, 2.05) is 18.2 Å². The van der Waals surface area contributed by atoms with E-state index in [9.17, 15) is 4.79 Å². The van der Waals surface area contributed by atoms with Crippen molar-refractivity contribution in [3.8, 4) is 0 Å². The first kappa shape index (κ1) is 12.6. The fraction of sp³-hybridized carbons (Fsp3) is 0.385. The first-order valence-corrected chi connectivity index (χ1v) is 6.17. The van der Waals surface area contributed by atoms with E-state index in [0.29, 0.717) is 6.42 Å². The second-order valence-corrected chi connectivity index (χ2v) is 4.47. The van der Waals surface area contributed by atoms with Crippen LogP contribution in [0.3, 0.4) is 0 Å². The van der Waals surface area contributed by atoms with Crippen LogP contribution in [0.1, 0.15) is 26.2 Å². The SMILES string of the molecule is CCCC(N)CC(=O)Nc1ccc2cn[nH]c2c1. The Morgan fingerprint density at radius 3 is 3.17 bits per heavy atom. The van der Waals surface area contributed by atoms with Crippen LogP contribution < -0.4 is 11.1 Å². The van der Waals surface area contributed by atoms with Gasteiger partial charge < -0.3 is 11.1 Å². The van der Waals surface area contributed by atoms with Crippen molar-refractivity contribution in [3.05, 3.63) is 24.4 Å². The highest BCUT2D eigenvalue weighted by Crippen LogP contribution is 2.16. The predicted molar refractivity (Wildman–Crippen MR) is 72.2 cm³/mol. The first-order chi connectivity index (χ1) is 8.69. The summed E-state index contributed by atoms with van der Waals surface area (Å²) >= 11 is 0. The minimum absolute atomic E-state index is 0.0465. The minimum Gasteiger partial charge on any atom is -0.327 e. The lowest BCUT2D eigenvalue weighted by Gasteiger charge is -2.10. The van der Waals surface area contributed by atoms with E-state index in [2.05, 4.69) is 22.4 Å². The van der Waals surface area contributed by atoms with Crippen molar-refractivity contribution in [3.63, 3.8) is 0 Å². The quantitative estimate of drug-likeness (QED) is 0.754. The molecule has 1 atom stereocenters. The number of anilines is 1. The molecule has 2 rings (SSSR count). The van der Waals surface area contributed by atoms with Gasteiger partial charge in [-0.2, -0.15) is 5.10 Å². The molecule has 96 valence electrons. The minimum atomic E-state index is -0.0640. The number of amides is 1. The van der Waals surface area contributed by atoms with Crippen molar-refractivity contribution in [2.75, 3.05) is 5.32 Å². The number of nitrogens with two attached hydrogens (primary N) is 1. The second kappa shape index (κ2) is 5.64. The van der Waals surface area contributed by atoms with E-state index in [1.165, 1.54) is 0 Å². The lowest BCUT2D eigenvalue weighted by Crippen LogP contribution is -2.26. The monoisotopic (exact) mass is 246 g/mol. The van der Waals surface area contributed by atoms with Gasteiger partial charge in [0.2, 0.25) is 5.91 Å². The molecule has 0 saturated heterocycles. The summed E-state index contributed by atoms with van der Waals surface area (Å²) in [6, 6.07) is 5.58. The Morgan fingerprint density at radius 2 is 2.39 bits per heavy atom. The number of aromatic nitrogens is 2. The van der Waals surface area contributed by atoms with E-state index in [4.69, 9.17) is 5.73 Å². The molecule has 4 N–H and O–H groups in total. The van der Waals surface area contributed by atoms with E-state index in [1.54, 1.807) is 6.20 Å². The number of fused-ring (bicyclic) bond motifs is 1. The van der Waals surface area contributed by atoms with E-state index >= 15 is 0 Å². The van der Waals surface area contributed by atoms with Gasteiger partial charge >= 0.3 is 0 Å². The first-order valence-electron chi connectivity index (χ1n) is 6.17. The summed E-state index contributed by atoms with van der Waals surface area (Å²) in [5.74, 6) is -0.0465. The molecule has 5 heteroatoms. The predicted octanol–water partition coefficient (Wildman–Crippen LogP) is 2.02. The molecule has 0 aliphatic carbocycles. The number of rotatable bonds is 5. The van der Waals surface area contributed by atoms with E-state index in [0.717, 1.165) is 29.4 Å². The van der Waals surface area contributed by atoms with Crippen molar-refractivity contribution >= 4 is 22.5 Å². The van der Waals surface area contributed by atoms with Gasteiger partial charge in [0.1, 0.15) is 0 Å². The Hall–Kier alpha value is -1.88. The molecule has 1 aromatic heterocycles. The molecule has 1 amide bonds. The van der Waals surface area contributed by atoms with Crippen LogP contribution in [0.15, 0.2) is 24.4 Å². The number of H-pyrrole nitrogens is 1. The average molecular weight is 246 g/mol. The molecule has 18 heavy (non-hydrogen) atoms. The normalized spacial score (nSPS) is 12.6. The van der Waals surface area contributed by atoms with Crippen molar-refractivity contribution in [2.24, 2.45) is 5.73 Å². The zero-order valence-electron chi connectivity index (χ0n) is 10.4. The summed E-state index contributed by atoms with van der Waals surface area (Å²) in [6.45, 7) is 2.06.